The topological polar surface area (TPSA) is 112 Å². The van der Waals surface area contributed by atoms with Gasteiger partial charge in [-0.15, -0.1) is 5.10 Å². The molecule has 2 aromatic carbocycles. The highest BCUT2D eigenvalue weighted by molar-refractivity contribution is 5.93. The van der Waals surface area contributed by atoms with Crippen molar-refractivity contribution in [3.05, 3.63) is 77.7 Å². The third-order valence-electron chi connectivity index (χ3n) is 4.46. The molecule has 0 bridgehead atoms. The van der Waals surface area contributed by atoms with Gasteiger partial charge in [0.15, 0.2) is 12.4 Å². The molecule has 1 N–H and O–H groups in total. The number of ether oxygens (including phenoxy) is 1. The van der Waals surface area contributed by atoms with E-state index in [1.807, 2.05) is 0 Å². The average Bonchev–Trinajstić information content (AvgIpc) is 3.44. The van der Waals surface area contributed by atoms with Crippen LogP contribution in [0.25, 0.3) is 17.1 Å². The standard InChI is InChI=1S/C22H16F3N5O4/c1-13-10-18(34-29-13)26-17(31)12-33-21(32)19-27-20(14-6-3-2-4-7-14)30(28-19)16-9-5-8-15(11-16)22(23,24)25/h2-11H,12H2,1H3,(H,26,31). The second-order valence-electron chi connectivity index (χ2n) is 7.04. The highest BCUT2D eigenvalue weighted by atomic mass is 19.4. The number of carbonyl (C=O) groups excluding carboxylic acids is 2. The number of nitrogens with zero attached hydrogens (tertiary/aromatic N) is 4. The van der Waals surface area contributed by atoms with Crippen LogP contribution in [0.4, 0.5) is 19.1 Å². The molecule has 0 aliphatic carbocycles. The second kappa shape index (κ2) is 9.17. The summed E-state index contributed by atoms with van der Waals surface area (Å²) in [7, 11) is 0. The molecule has 0 atom stereocenters. The van der Waals surface area contributed by atoms with E-state index in [2.05, 4.69) is 20.6 Å². The number of halogens is 3. The maximum Gasteiger partial charge on any atom is 0.416 e. The number of nitrogens with one attached hydrogen (secondary N) is 1. The number of amides is 1. The van der Waals surface area contributed by atoms with E-state index in [-0.39, 0.29) is 17.4 Å². The Morgan fingerprint density at radius 2 is 1.85 bits per heavy atom. The van der Waals surface area contributed by atoms with E-state index in [1.54, 1.807) is 37.3 Å². The molecule has 0 saturated carbocycles. The lowest BCUT2D eigenvalue weighted by atomic mass is 10.2. The number of hydrogen-bond acceptors (Lipinski definition) is 7. The van der Waals surface area contributed by atoms with Crippen molar-refractivity contribution >= 4 is 17.8 Å². The first-order valence-corrected chi connectivity index (χ1v) is 9.81. The first-order chi connectivity index (χ1) is 16.2. The quantitative estimate of drug-likeness (QED) is 0.422. The van der Waals surface area contributed by atoms with Gasteiger partial charge < -0.3 is 9.26 Å². The van der Waals surface area contributed by atoms with Crippen molar-refractivity contribution in [2.24, 2.45) is 0 Å². The van der Waals surface area contributed by atoms with Gasteiger partial charge in [0.25, 0.3) is 11.7 Å². The Balaban J connectivity index is 1.59. The Morgan fingerprint density at radius 3 is 2.53 bits per heavy atom. The number of aromatic nitrogens is 4. The Labute approximate surface area is 190 Å². The zero-order valence-corrected chi connectivity index (χ0v) is 17.5. The second-order valence-corrected chi connectivity index (χ2v) is 7.04. The first-order valence-electron chi connectivity index (χ1n) is 9.81. The van der Waals surface area contributed by atoms with Crippen LogP contribution in [-0.4, -0.2) is 38.4 Å². The summed E-state index contributed by atoms with van der Waals surface area (Å²) in [5, 5.41) is 10.0. The van der Waals surface area contributed by atoms with Crippen LogP contribution in [0.1, 0.15) is 21.9 Å². The molecule has 0 aliphatic heterocycles. The van der Waals surface area contributed by atoms with E-state index in [4.69, 9.17) is 9.26 Å². The van der Waals surface area contributed by atoms with Crippen LogP contribution in [-0.2, 0) is 15.7 Å². The molecular weight excluding hydrogens is 455 g/mol. The van der Waals surface area contributed by atoms with Crippen molar-refractivity contribution in [2.75, 3.05) is 11.9 Å². The molecule has 9 nitrogen and oxygen atoms in total. The van der Waals surface area contributed by atoms with Gasteiger partial charge in [0, 0.05) is 11.6 Å². The number of rotatable bonds is 6. The Bertz CT molecular complexity index is 1330. The summed E-state index contributed by atoms with van der Waals surface area (Å²) in [4.78, 5) is 28.6. The molecule has 1 amide bonds. The number of carbonyl (C=O) groups is 2. The molecule has 12 heteroatoms. The molecule has 0 unspecified atom stereocenters. The minimum absolute atomic E-state index is 0.0404. The zero-order chi connectivity index (χ0) is 24.3. The normalized spacial score (nSPS) is 11.3. The molecule has 4 aromatic rings. The maximum absolute atomic E-state index is 13.2. The van der Waals surface area contributed by atoms with Gasteiger partial charge in [0.1, 0.15) is 0 Å². The minimum atomic E-state index is -4.57. The lowest BCUT2D eigenvalue weighted by molar-refractivity contribution is -0.137. The van der Waals surface area contributed by atoms with Gasteiger partial charge in [-0.2, -0.15) is 13.2 Å². The number of anilines is 1. The molecule has 2 aromatic heterocycles. The van der Waals surface area contributed by atoms with Gasteiger partial charge in [-0.1, -0.05) is 41.6 Å². The zero-order valence-electron chi connectivity index (χ0n) is 17.5. The highest BCUT2D eigenvalue weighted by Gasteiger charge is 2.31. The number of benzene rings is 2. The van der Waals surface area contributed by atoms with Crippen LogP contribution in [0.15, 0.2) is 65.2 Å². The van der Waals surface area contributed by atoms with E-state index in [0.717, 1.165) is 16.8 Å². The predicted molar refractivity (Wildman–Crippen MR) is 112 cm³/mol. The van der Waals surface area contributed by atoms with Gasteiger partial charge in [-0.05, 0) is 25.1 Å². The molecule has 0 radical (unpaired) electrons. The van der Waals surface area contributed by atoms with Crippen molar-refractivity contribution in [1.29, 1.82) is 0 Å². The molecule has 4 rings (SSSR count). The Hall–Kier alpha value is -4.48. The fourth-order valence-corrected chi connectivity index (χ4v) is 2.96. The van der Waals surface area contributed by atoms with E-state index >= 15 is 0 Å². The van der Waals surface area contributed by atoms with E-state index in [9.17, 15) is 22.8 Å². The largest absolute Gasteiger partial charge is 0.450 e. The van der Waals surface area contributed by atoms with Crippen molar-refractivity contribution in [3.8, 4) is 17.1 Å². The summed E-state index contributed by atoms with van der Waals surface area (Å²) in [5.74, 6) is -1.96. The van der Waals surface area contributed by atoms with Crippen LogP contribution in [0.2, 0.25) is 0 Å². The van der Waals surface area contributed by atoms with Gasteiger partial charge in [0.2, 0.25) is 5.88 Å². The molecule has 0 aliphatic rings. The van der Waals surface area contributed by atoms with E-state index in [0.29, 0.717) is 11.3 Å². The van der Waals surface area contributed by atoms with Gasteiger partial charge in [0.05, 0.1) is 16.9 Å². The van der Waals surface area contributed by atoms with Gasteiger partial charge in [-0.3, -0.25) is 10.1 Å². The number of alkyl halides is 3. The molecule has 0 spiro atoms. The summed E-state index contributed by atoms with van der Waals surface area (Å²) >= 11 is 0. The monoisotopic (exact) mass is 471 g/mol. The fourth-order valence-electron chi connectivity index (χ4n) is 2.96. The summed E-state index contributed by atoms with van der Waals surface area (Å²) in [6, 6.07) is 14.4. The Morgan fingerprint density at radius 1 is 1.09 bits per heavy atom. The van der Waals surface area contributed by atoms with Crippen molar-refractivity contribution < 1.29 is 32.0 Å². The molecule has 0 fully saturated rings. The molecule has 34 heavy (non-hydrogen) atoms. The van der Waals surface area contributed by atoms with E-state index in [1.165, 1.54) is 18.2 Å². The number of esters is 1. The van der Waals surface area contributed by atoms with E-state index < -0.39 is 36.0 Å². The van der Waals surface area contributed by atoms with Crippen LogP contribution in [0, 0.1) is 6.92 Å². The number of hydrogen-bond donors (Lipinski definition) is 1. The number of aryl methyl sites for hydroxylation is 1. The first kappa shape index (κ1) is 22.7. The lowest BCUT2D eigenvalue weighted by Crippen LogP contribution is -2.21. The predicted octanol–water partition coefficient (Wildman–Crippen LogP) is 4.05. The van der Waals surface area contributed by atoms with Crippen molar-refractivity contribution in [1.82, 2.24) is 19.9 Å². The Kier molecular flexibility index (Phi) is 6.13. The van der Waals surface area contributed by atoms with Crippen LogP contribution < -0.4 is 5.32 Å². The van der Waals surface area contributed by atoms with Gasteiger partial charge in [-0.25, -0.2) is 14.5 Å². The SMILES string of the molecule is Cc1cc(NC(=O)COC(=O)c2nc(-c3ccccc3)n(-c3cccc(C(F)(F)F)c3)n2)on1. The van der Waals surface area contributed by atoms with Crippen LogP contribution in [0.5, 0.6) is 0 Å². The summed E-state index contributed by atoms with van der Waals surface area (Å²) in [6.45, 7) is 0.993. The van der Waals surface area contributed by atoms with Crippen molar-refractivity contribution in [3.63, 3.8) is 0 Å². The summed E-state index contributed by atoms with van der Waals surface area (Å²) in [5.41, 5.74) is 0.205. The fraction of sp³-hybridized carbons (Fsp3) is 0.136. The van der Waals surface area contributed by atoms with Crippen LogP contribution >= 0.6 is 0 Å². The van der Waals surface area contributed by atoms with Crippen LogP contribution in [0.3, 0.4) is 0 Å². The van der Waals surface area contributed by atoms with Gasteiger partial charge >= 0.3 is 12.1 Å². The molecular formula is C22H16F3N5O4. The highest BCUT2D eigenvalue weighted by Crippen LogP contribution is 2.31. The third kappa shape index (κ3) is 5.11. The molecule has 2 heterocycles. The molecule has 0 saturated heterocycles. The summed E-state index contributed by atoms with van der Waals surface area (Å²) in [6.07, 6.45) is -4.57. The third-order valence-corrected chi connectivity index (χ3v) is 4.46. The van der Waals surface area contributed by atoms with Crippen molar-refractivity contribution in [2.45, 2.75) is 13.1 Å². The maximum atomic E-state index is 13.2. The average molecular weight is 471 g/mol. The smallest absolute Gasteiger partial charge is 0.416 e. The lowest BCUT2D eigenvalue weighted by Gasteiger charge is -2.10. The summed E-state index contributed by atoms with van der Waals surface area (Å²) < 4.78 is 50.5. The minimum Gasteiger partial charge on any atom is -0.450 e. The molecule has 174 valence electrons.